The molecule has 0 bridgehead atoms. The van der Waals surface area contributed by atoms with E-state index in [4.69, 9.17) is 0 Å². The molecule has 0 aromatic rings. The maximum absolute atomic E-state index is 11.7. The third kappa shape index (κ3) is 2.99. The lowest BCUT2D eigenvalue weighted by molar-refractivity contribution is -0.309. The van der Waals surface area contributed by atoms with Gasteiger partial charge in [-0.3, -0.25) is 0 Å². The van der Waals surface area contributed by atoms with Gasteiger partial charge in [-0.2, -0.15) is 0 Å². The molecule has 0 N–H and O–H groups in total. The zero-order valence-electron chi connectivity index (χ0n) is 2.95. The van der Waals surface area contributed by atoms with E-state index in [0.29, 0.717) is 0 Å². The Bertz CT molecular complexity index is 86.2. The van der Waals surface area contributed by atoms with Crippen LogP contribution in [-0.4, -0.2) is 9.46 Å². The molecule has 5 heteroatoms. The number of aliphatic carboxylic acids is 1. The second-order valence-corrected chi connectivity index (χ2v) is 4.03. The molecule has 7 heavy (non-hydrogen) atoms. The van der Waals surface area contributed by atoms with Gasteiger partial charge in [0.2, 0.25) is 0 Å². The van der Waals surface area contributed by atoms with Gasteiger partial charge in [-0.05, 0) is 31.9 Å². The zero-order valence-corrected chi connectivity index (χ0v) is 6.12. The highest BCUT2D eigenvalue weighted by Crippen LogP contribution is 2.25. The Morgan fingerprint density at radius 3 is 1.86 bits per heavy atom. The third-order valence-electron chi connectivity index (χ3n) is 0.231. The van der Waals surface area contributed by atoms with Crippen molar-refractivity contribution in [2.45, 2.75) is 3.49 Å². The molecule has 0 heterocycles. The van der Waals surface area contributed by atoms with Gasteiger partial charge in [0.25, 0.3) is 3.49 Å². The summed E-state index contributed by atoms with van der Waals surface area (Å²) in [4.78, 5) is 9.44. The number of hydrogen-bond acceptors (Lipinski definition) is 2. The fraction of sp³-hybridized carbons (Fsp3) is 0.500. The van der Waals surface area contributed by atoms with E-state index in [1.807, 2.05) is 0 Å². The normalized spacial score (nSPS) is 11.3. The summed E-state index contributed by atoms with van der Waals surface area (Å²) in [6.07, 6.45) is 0. The summed E-state index contributed by atoms with van der Waals surface area (Å²) in [6.45, 7) is 0. The maximum Gasteiger partial charge on any atom is 0.258 e. The van der Waals surface area contributed by atoms with Gasteiger partial charge in [0.15, 0.2) is 0 Å². The molecule has 2 nitrogen and oxygen atoms in total. The molecule has 0 aliphatic heterocycles. The predicted octanol–water partition coefficient (Wildman–Crippen LogP) is 0.149. The van der Waals surface area contributed by atoms with Gasteiger partial charge in [-0.1, -0.05) is 0 Å². The smallest absolute Gasteiger partial charge is 0.258 e. The van der Waals surface area contributed by atoms with Gasteiger partial charge < -0.3 is 9.90 Å². The van der Waals surface area contributed by atoms with Gasteiger partial charge in [0.1, 0.15) is 5.97 Å². The van der Waals surface area contributed by atoms with Crippen LogP contribution in [0, 0.1) is 0 Å². The molecule has 0 rings (SSSR count). The fourth-order valence-electron chi connectivity index (χ4n) is 0. The fourth-order valence-corrected chi connectivity index (χ4v) is 0. The van der Waals surface area contributed by atoms with Crippen molar-refractivity contribution in [2.75, 3.05) is 0 Å². The second-order valence-electron chi connectivity index (χ2n) is 0.785. The first kappa shape index (κ1) is 7.36. The largest absolute Gasteiger partial charge is 0.545 e. The van der Waals surface area contributed by atoms with Crippen molar-refractivity contribution >= 4 is 37.8 Å². The van der Waals surface area contributed by atoms with Crippen LogP contribution in [0.3, 0.4) is 0 Å². The number of carbonyl (C=O) groups is 1. The van der Waals surface area contributed by atoms with Crippen LogP contribution in [0.25, 0.3) is 0 Å². The van der Waals surface area contributed by atoms with Crippen LogP contribution in [0.4, 0.5) is 4.39 Å². The van der Waals surface area contributed by atoms with E-state index in [0.717, 1.165) is 0 Å². The summed E-state index contributed by atoms with van der Waals surface area (Å²) in [5, 5.41) is 9.44. The summed E-state index contributed by atoms with van der Waals surface area (Å²) in [5.74, 6) is -1.84. The van der Waals surface area contributed by atoms with Crippen LogP contribution in [0.1, 0.15) is 0 Å². The molecule has 0 aliphatic carbocycles. The summed E-state index contributed by atoms with van der Waals surface area (Å²) < 4.78 is 9.11. The molecule has 0 aromatic carbocycles. The van der Waals surface area contributed by atoms with E-state index in [-0.39, 0.29) is 0 Å². The molecular weight excluding hydrogens is 235 g/mol. The van der Waals surface area contributed by atoms with Crippen LogP contribution in [-0.2, 0) is 4.79 Å². The first-order valence-corrected chi connectivity index (χ1v) is 2.81. The van der Waals surface area contributed by atoms with Crippen molar-refractivity contribution in [3.63, 3.8) is 0 Å². The lowest BCUT2D eigenvalue weighted by Gasteiger charge is -2.08. The van der Waals surface area contributed by atoms with E-state index in [9.17, 15) is 14.3 Å². The highest BCUT2D eigenvalue weighted by Gasteiger charge is 2.21. The molecule has 0 aromatic heterocycles. The molecule has 0 amide bonds. The average molecular weight is 235 g/mol. The molecule has 0 saturated heterocycles. The SMILES string of the molecule is O=C([O-])C(F)(Br)Br. The topological polar surface area (TPSA) is 40.1 Å². The van der Waals surface area contributed by atoms with Crippen LogP contribution in [0.2, 0.25) is 0 Å². The summed E-state index contributed by atoms with van der Waals surface area (Å²) in [5.41, 5.74) is 0. The number of hydrogen-bond donors (Lipinski definition) is 0. The number of rotatable bonds is 1. The van der Waals surface area contributed by atoms with Crippen molar-refractivity contribution in [2.24, 2.45) is 0 Å². The Morgan fingerprint density at radius 2 is 1.86 bits per heavy atom. The minimum Gasteiger partial charge on any atom is -0.545 e. The van der Waals surface area contributed by atoms with Crippen LogP contribution < -0.4 is 5.11 Å². The van der Waals surface area contributed by atoms with Gasteiger partial charge in [0.05, 0.1) is 0 Å². The van der Waals surface area contributed by atoms with E-state index in [2.05, 4.69) is 31.9 Å². The van der Waals surface area contributed by atoms with Crippen LogP contribution in [0.5, 0.6) is 0 Å². The first-order valence-electron chi connectivity index (χ1n) is 1.23. The van der Waals surface area contributed by atoms with Crippen LogP contribution in [0.15, 0.2) is 0 Å². The summed E-state index contributed by atoms with van der Waals surface area (Å²) in [7, 11) is 0. The Morgan fingerprint density at radius 1 is 1.71 bits per heavy atom. The summed E-state index contributed by atoms with van der Waals surface area (Å²) in [6, 6.07) is 0. The third-order valence-corrected chi connectivity index (χ3v) is 0.879. The van der Waals surface area contributed by atoms with E-state index in [1.165, 1.54) is 0 Å². The van der Waals surface area contributed by atoms with Gasteiger partial charge in [0, 0.05) is 0 Å². The minimum atomic E-state index is -2.57. The first-order chi connectivity index (χ1) is 2.94. The molecule has 0 aliphatic rings. The van der Waals surface area contributed by atoms with Gasteiger partial charge >= 0.3 is 0 Å². The lowest BCUT2D eigenvalue weighted by Crippen LogP contribution is -2.35. The second kappa shape index (κ2) is 2.09. The van der Waals surface area contributed by atoms with E-state index < -0.39 is 9.46 Å². The molecule has 0 fully saturated rings. The molecule has 42 valence electrons. The molecule has 0 saturated carbocycles. The molecule has 0 radical (unpaired) electrons. The Labute approximate surface area is 56.0 Å². The predicted molar refractivity (Wildman–Crippen MR) is 26.7 cm³/mol. The van der Waals surface area contributed by atoms with E-state index in [1.54, 1.807) is 0 Å². The van der Waals surface area contributed by atoms with Crippen molar-refractivity contribution < 1.29 is 14.3 Å². The van der Waals surface area contributed by atoms with Gasteiger partial charge in [-0.25, -0.2) is 4.39 Å². The maximum atomic E-state index is 11.7. The number of carbonyl (C=O) groups excluding carboxylic acids is 1. The van der Waals surface area contributed by atoms with E-state index >= 15 is 0 Å². The molecule has 0 atom stereocenters. The number of halogens is 3. The Hall–Kier alpha value is 0.360. The number of carboxylic acids is 1. The van der Waals surface area contributed by atoms with Crippen molar-refractivity contribution in [1.82, 2.24) is 0 Å². The Balaban J connectivity index is 3.79. The average Bonchev–Trinajstić information content (AvgIpc) is 1.31. The number of carboxylic acid groups (broad SMARTS) is 1. The van der Waals surface area contributed by atoms with Crippen LogP contribution >= 0.6 is 31.9 Å². The highest BCUT2D eigenvalue weighted by molar-refractivity contribution is 9.25. The number of alkyl halides is 3. The van der Waals surface area contributed by atoms with Crippen molar-refractivity contribution in [1.29, 1.82) is 0 Å². The minimum absolute atomic E-state index is 1.84. The van der Waals surface area contributed by atoms with Gasteiger partial charge in [-0.15, -0.1) is 0 Å². The standard InChI is InChI=1S/C2HBr2FO2/c3-2(4,5)1(6)7/h(H,6,7)/p-1. The quantitative estimate of drug-likeness (QED) is 0.606. The molecule has 0 unspecified atom stereocenters. The molecule has 0 spiro atoms. The highest BCUT2D eigenvalue weighted by atomic mass is 79.9. The van der Waals surface area contributed by atoms with Crippen molar-refractivity contribution in [3.8, 4) is 0 Å². The van der Waals surface area contributed by atoms with Crippen molar-refractivity contribution in [3.05, 3.63) is 0 Å². The monoisotopic (exact) mass is 233 g/mol. The Kier molecular flexibility index (Phi) is 2.19. The molecular formula is C2Br2FO2-. The zero-order chi connectivity index (χ0) is 6.08. The summed E-state index contributed by atoms with van der Waals surface area (Å²) >= 11 is 4.26. The lowest BCUT2D eigenvalue weighted by atomic mass is 10.8.